The van der Waals surface area contributed by atoms with Crippen molar-refractivity contribution in [3.63, 3.8) is 0 Å². The molecule has 0 saturated carbocycles. The van der Waals surface area contributed by atoms with E-state index in [4.69, 9.17) is 18.9 Å². The molecule has 1 aliphatic heterocycles. The SMILES string of the molecule is CCOc1ccc(N2C(=O)C(=O)/C(=C(\O)c3cccc(OC(C)C)c3)C2c2ccc(OC)c(OC)c2)cc1. The Morgan fingerprint density at radius 3 is 2.26 bits per heavy atom. The number of ketones is 1. The predicted octanol–water partition coefficient (Wildman–Crippen LogP) is 5.52. The fraction of sp³-hybridized carbons (Fsp3) is 0.267. The van der Waals surface area contributed by atoms with Gasteiger partial charge in [0.25, 0.3) is 11.7 Å². The Morgan fingerprint density at radius 1 is 0.921 bits per heavy atom. The van der Waals surface area contributed by atoms with Gasteiger partial charge in [0.05, 0.1) is 38.5 Å². The summed E-state index contributed by atoms with van der Waals surface area (Å²) in [5.74, 6) is 0.231. The zero-order valence-electron chi connectivity index (χ0n) is 22.1. The van der Waals surface area contributed by atoms with Gasteiger partial charge in [-0.2, -0.15) is 0 Å². The van der Waals surface area contributed by atoms with E-state index in [-0.39, 0.29) is 17.4 Å². The number of Topliss-reactive ketones (excluding diaryl/α,β-unsaturated/α-hetero) is 1. The van der Waals surface area contributed by atoms with Gasteiger partial charge in [0.1, 0.15) is 17.3 Å². The highest BCUT2D eigenvalue weighted by atomic mass is 16.5. The largest absolute Gasteiger partial charge is 0.507 e. The molecule has 38 heavy (non-hydrogen) atoms. The van der Waals surface area contributed by atoms with E-state index in [0.29, 0.717) is 46.4 Å². The molecular formula is C30H31NO7. The van der Waals surface area contributed by atoms with E-state index in [0.717, 1.165) is 0 Å². The second kappa shape index (κ2) is 11.3. The minimum Gasteiger partial charge on any atom is -0.507 e. The van der Waals surface area contributed by atoms with Crippen LogP contribution in [0.25, 0.3) is 5.76 Å². The summed E-state index contributed by atoms with van der Waals surface area (Å²) in [5.41, 5.74) is 1.36. The normalized spacial score (nSPS) is 16.6. The Kier molecular flexibility index (Phi) is 7.90. The van der Waals surface area contributed by atoms with E-state index in [1.165, 1.54) is 19.1 Å². The number of aliphatic hydroxyl groups is 1. The van der Waals surface area contributed by atoms with Crippen LogP contribution in [0.2, 0.25) is 0 Å². The maximum atomic E-state index is 13.5. The number of carbonyl (C=O) groups is 2. The molecule has 1 heterocycles. The number of ether oxygens (including phenoxy) is 4. The van der Waals surface area contributed by atoms with Gasteiger partial charge < -0.3 is 24.1 Å². The van der Waals surface area contributed by atoms with Crippen molar-refractivity contribution in [1.29, 1.82) is 0 Å². The summed E-state index contributed by atoms with van der Waals surface area (Å²) < 4.78 is 22.2. The summed E-state index contributed by atoms with van der Waals surface area (Å²) in [6.07, 6.45) is -0.0793. The van der Waals surface area contributed by atoms with Crippen LogP contribution in [0.3, 0.4) is 0 Å². The molecule has 0 bridgehead atoms. The summed E-state index contributed by atoms with van der Waals surface area (Å²) in [6, 6.07) is 17.9. The van der Waals surface area contributed by atoms with Crippen LogP contribution < -0.4 is 23.8 Å². The number of benzene rings is 3. The lowest BCUT2D eigenvalue weighted by molar-refractivity contribution is -0.132. The zero-order valence-corrected chi connectivity index (χ0v) is 22.1. The van der Waals surface area contributed by atoms with Gasteiger partial charge in [0, 0.05) is 11.3 Å². The Hall–Kier alpha value is -4.46. The number of anilines is 1. The molecule has 1 amide bonds. The smallest absolute Gasteiger partial charge is 0.300 e. The number of nitrogens with zero attached hydrogens (tertiary/aromatic N) is 1. The Morgan fingerprint density at radius 2 is 1.63 bits per heavy atom. The molecule has 1 N–H and O–H groups in total. The lowest BCUT2D eigenvalue weighted by Gasteiger charge is -2.26. The molecule has 1 saturated heterocycles. The highest BCUT2D eigenvalue weighted by Crippen LogP contribution is 2.44. The number of methoxy groups -OCH3 is 2. The molecule has 1 fully saturated rings. The van der Waals surface area contributed by atoms with Crippen LogP contribution in [0, 0.1) is 0 Å². The summed E-state index contributed by atoms with van der Waals surface area (Å²) >= 11 is 0. The standard InChI is InChI=1S/C30H31NO7/c1-6-37-22-13-11-21(12-14-22)31-27(19-10-15-24(35-4)25(17-19)36-5)26(29(33)30(31)34)28(32)20-8-7-9-23(16-20)38-18(2)3/h7-18,27,32H,6H2,1-5H3/b28-26-. The Bertz CT molecular complexity index is 1360. The van der Waals surface area contributed by atoms with Crippen molar-refractivity contribution in [2.45, 2.75) is 32.9 Å². The third-order valence-corrected chi connectivity index (χ3v) is 6.07. The summed E-state index contributed by atoms with van der Waals surface area (Å²) in [7, 11) is 3.03. The molecule has 4 rings (SSSR count). The summed E-state index contributed by atoms with van der Waals surface area (Å²) in [5, 5.41) is 11.5. The molecule has 1 aliphatic rings. The van der Waals surface area contributed by atoms with Crippen LogP contribution in [0.1, 0.15) is 37.9 Å². The van der Waals surface area contributed by atoms with Crippen LogP contribution in [0.4, 0.5) is 5.69 Å². The highest BCUT2D eigenvalue weighted by Gasteiger charge is 2.47. The van der Waals surface area contributed by atoms with Crippen molar-refractivity contribution in [1.82, 2.24) is 0 Å². The molecule has 8 heteroatoms. The Labute approximate surface area is 222 Å². The van der Waals surface area contributed by atoms with Crippen molar-refractivity contribution in [3.05, 3.63) is 83.4 Å². The highest BCUT2D eigenvalue weighted by molar-refractivity contribution is 6.51. The maximum absolute atomic E-state index is 13.5. The first-order chi connectivity index (χ1) is 18.3. The molecule has 8 nitrogen and oxygen atoms in total. The third-order valence-electron chi connectivity index (χ3n) is 6.07. The van der Waals surface area contributed by atoms with E-state index in [9.17, 15) is 14.7 Å². The van der Waals surface area contributed by atoms with Gasteiger partial charge in [-0.1, -0.05) is 18.2 Å². The predicted molar refractivity (Wildman–Crippen MR) is 144 cm³/mol. The second-order valence-electron chi connectivity index (χ2n) is 8.90. The number of hydrogen-bond acceptors (Lipinski definition) is 7. The van der Waals surface area contributed by atoms with E-state index in [2.05, 4.69) is 0 Å². The van der Waals surface area contributed by atoms with Gasteiger partial charge in [0.15, 0.2) is 11.5 Å². The first kappa shape index (κ1) is 26.6. The van der Waals surface area contributed by atoms with Crippen molar-refractivity contribution in [3.8, 4) is 23.0 Å². The van der Waals surface area contributed by atoms with Gasteiger partial charge in [-0.05, 0) is 74.9 Å². The van der Waals surface area contributed by atoms with E-state index in [1.54, 1.807) is 66.7 Å². The van der Waals surface area contributed by atoms with Crippen LogP contribution in [-0.2, 0) is 9.59 Å². The van der Waals surface area contributed by atoms with Crippen LogP contribution >= 0.6 is 0 Å². The molecule has 0 spiro atoms. The topological polar surface area (TPSA) is 94.5 Å². The minimum atomic E-state index is -0.928. The number of carbonyl (C=O) groups excluding carboxylic acids is 2. The summed E-state index contributed by atoms with van der Waals surface area (Å²) in [6.45, 7) is 6.16. The molecule has 0 radical (unpaired) electrons. The molecule has 1 atom stereocenters. The number of amides is 1. The first-order valence-electron chi connectivity index (χ1n) is 12.3. The number of aliphatic hydroxyl groups excluding tert-OH is 1. The average molecular weight is 518 g/mol. The maximum Gasteiger partial charge on any atom is 0.300 e. The van der Waals surface area contributed by atoms with Crippen molar-refractivity contribution < 1.29 is 33.6 Å². The van der Waals surface area contributed by atoms with Gasteiger partial charge in [-0.25, -0.2) is 0 Å². The van der Waals surface area contributed by atoms with Crippen molar-refractivity contribution in [2.24, 2.45) is 0 Å². The summed E-state index contributed by atoms with van der Waals surface area (Å²) in [4.78, 5) is 28.3. The quantitative estimate of drug-likeness (QED) is 0.227. The molecule has 198 valence electrons. The fourth-order valence-electron chi connectivity index (χ4n) is 4.45. The van der Waals surface area contributed by atoms with Gasteiger partial charge in [0.2, 0.25) is 0 Å². The van der Waals surface area contributed by atoms with Crippen LogP contribution in [0.15, 0.2) is 72.3 Å². The average Bonchev–Trinajstić information content (AvgIpc) is 3.18. The van der Waals surface area contributed by atoms with E-state index >= 15 is 0 Å². The third kappa shape index (κ3) is 5.16. The zero-order chi connectivity index (χ0) is 27.4. The van der Waals surface area contributed by atoms with Gasteiger partial charge in [-0.15, -0.1) is 0 Å². The monoisotopic (exact) mass is 517 g/mol. The van der Waals surface area contributed by atoms with E-state index in [1.807, 2.05) is 20.8 Å². The van der Waals surface area contributed by atoms with Crippen molar-refractivity contribution in [2.75, 3.05) is 25.7 Å². The minimum absolute atomic E-state index is 0.0437. The fourth-order valence-corrected chi connectivity index (χ4v) is 4.45. The van der Waals surface area contributed by atoms with Crippen molar-refractivity contribution >= 4 is 23.1 Å². The molecule has 0 aromatic heterocycles. The molecule has 1 unspecified atom stereocenters. The molecule has 0 aliphatic carbocycles. The molecule has 3 aromatic carbocycles. The lowest BCUT2D eigenvalue weighted by atomic mass is 9.94. The van der Waals surface area contributed by atoms with Gasteiger partial charge in [-0.3, -0.25) is 14.5 Å². The number of rotatable bonds is 9. The molecular weight excluding hydrogens is 486 g/mol. The van der Waals surface area contributed by atoms with Crippen LogP contribution in [-0.4, -0.2) is 43.7 Å². The molecule has 3 aromatic rings. The first-order valence-corrected chi connectivity index (χ1v) is 12.3. The number of hydrogen-bond donors (Lipinski definition) is 1. The van der Waals surface area contributed by atoms with Gasteiger partial charge >= 0.3 is 0 Å². The second-order valence-corrected chi connectivity index (χ2v) is 8.90. The van der Waals surface area contributed by atoms with Crippen LogP contribution in [0.5, 0.6) is 23.0 Å². The Balaban J connectivity index is 1.91. The lowest BCUT2D eigenvalue weighted by Crippen LogP contribution is -2.29. The van der Waals surface area contributed by atoms with E-state index < -0.39 is 17.7 Å².